The predicted molar refractivity (Wildman–Crippen MR) is 127 cm³/mol. The lowest BCUT2D eigenvalue weighted by Crippen LogP contribution is -2.25. The van der Waals surface area contributed by atoms with Gasteiger partial charge in [0.05, 0.1) is 16.3 Å². The van der Waals surface area contributed by atoms with Crippen molar-refractivity contribution >= 4 is 39.0 Å². The summed E-state index contributed by atoms with van der Waals surface area (Å²) >= 11 is 1.14. The SMILES string of the molecule is CC[C@H](Sc1ncc(S(=O)(=O)c2ccccc2)c(N)n1)C(=O)Nc1ccc(C(C)C)cc1. The van der Waals surface area contributed by atoms with E-state index in [1.54, 1.807) is 18.2 Å². The first-order chi connectivity index (χ1) is 15.2. The topological polar surface area (TPSA) is 115 Å². The minimum Gasteiger partial charge on any atom is -0.382 e. The molecule has 1 heterocycles. The van der Waals surface area contributed by atoms with Gasteiger partial charge in [0.15, 0.2) is 5.16 Å². The maximum atomic E-state index is 12.8. The predicted octanol–water partition coefficient (Wildman–Crippen LogP) is 4.52. The first-order valence-electron chi connectivity index (χ1n) is 10.2. The van der Waals surface area contributed by atoms with E-state index in [0.29, 0.717) is 18.0 Å². The summed E-state index contributed by atoms with van der Waals surface area (Å²) in [6.07, 6.45) is 1.73. The van der Waals surface area contributed by atoms with Crippen molar-refractivity contribution in [2.75, 3.05) is 11.1 Å². The molecule has 0 aliphatic rings. The molecule has 168 valence electrons. The normalized spacial score (nSPS) is 12.5. The van der Waals surface area contributed by atoms with Gasteiger partial charge in [0.1, 0.15) is 10.7 Å². The number of carbonyl (C=O) groups excluding carboxylic acids is 1. The van der Waals surface area contributed by atoms with Crippen LogP contribution >= 0.6 is 11.8 Å². The summed E-state index contributed by atoms with van der Waals surface area (Å²) in [4.78, 5) is 21.0. The van der Waals surface area contributed by atoms with Crippen LogP contribution in [0, 0.1) is 0 Å². The van der Waals surface area contributed by atoms with Crippen LogP contribution in [-0.2, 0) is 14.6 Å². The molecule has 0 unspecified atom stereocenters. The van der Waals surface area contributed by atoms with E-state index in [1.165, 1.54) is 23.9 Å². The van der Waals surface area contributed by atoms with Crippen molar-refractivity contribution in [3.05, 3.63) is 66.4 Å². The lowest BCUT2D eigenvalue weighted by Gasteiger charge is -2.15. The van der Waals surface area contributed by atoms with Crippen molar-refractivity contribution < 1.29 is 13.2 Å². The summed E-state index contributed by atoms with van der Waals surface area (Å²) in [6.45, 7) is 6.11. The van der Waals surface area contributed by atoms with Crippen LogP contribution < -0.4 is 11.1 Å². The zero-order valence-electron chi connectivity index (χ0n) is 18.1. The molecule has 1 atom stereocenters. The second-order valence-electron chi connectivity index (χ2n) is 7.50. The third-order valence-electron chi connectivity index (χ3n) is 4.86. The van der Waals surface area contributed by atoms with Crippen LogP contribution in [0.2, 0.25) is 0 Å². The monoisotopic (exact) mass is 470 g/mol. The molecule has 2 aromatic carbocycles. The molecular formula is C23H26N4O3S2. The van der Waals surface area contributed by atoms with Gasteiger partial charge in [0.25, 0.3) is 0 Å². The number of nitrogen functional groups attached to an aromatic ring is 1. The Bertz CT molecular complexity index is 1180. The van der Waals surface area contributed by atoms with Gasteiger partial charge in [-0.3, -0.25) is 4.79 Å². The van der Waals surface area contributed by atoms with E-state index in [9.17, 15) is 13.2 Å². The number of hydrogen-bond acceptors (Lipinski definition) is 7. The number of amides is 1. The van der Waals surface area contributed by atoms with Crippen molar-refractivity contribution in [2.24, 2.45) is 0 Å². The maximum Gasteiger partial charge on any atom is 0.237 e. The summed E-state index contributed by atoms with van der Waals surface area (Å²) in [5.74, 6) is 0.0822. The fourth-order valence-electron chi connectivity index (χ4n) is 2.98. The Morgan fingerprint density at radius 3 is 2.31 bits per heavy atom. The zero-order chi connectivity index (χ0) is 23.3. The molecule has 3 N–H and O–H groups in total. The first kappa shape index (κ1) is 23.7. The quantitative estimate of drug-likeness (QED) is 0.367. The highest BCUT2D eigenvalue weighted by molar-refractivity contribution is 8.00. The van der Waals surface area contributed by atoms with Crippen LogP contribution in [0.4, 0.5) is 11.5 Å². The molecule has 3 rings (SSSR count). The van der Waals surface area contributed by atoms with Gasteiger partial charge in [0, 0.05) is 5.69 Å². The molecule has 0 bridgehead atoms. The first-order valence-corrected chi connectivity index (χ1v) is 12.6. The highest BCUT2D eigenvalue weighted by atomic mass is 32.2. The molecule has 0 aliphatic heterocycles. The van der Waals surface area contributed by atoms with Crippen LogP contribution in [0.1, 0.15) is 38.7 Å². The van der Waals surface area contributed by atoms with E-state index in [0.717, 1.165) is 11.8 Å². The maximum absolute atomic E-state index is 12.8. The second-order valence-corrected chi connectivity index (χ2v) is 10.6. The Balaban J connectivity index is 1.74. The number of benzene rings is 2. The van der Waals surface area contributed by atoms with Gasteiger partial charge in [-0.15, -0.1) is 0 Å². The highest BCUT2D eigenvalue weighted by Gasteiger charge is 2.24. The number of thioether (sulfide) groups is 1. The van der Waals surface area contributed by atoms with Crippen LogP contribution in [0.5, 0.6) is 0 Å². The van der Waals surface area contributed by atoms with Gasteiger partial charge in [-0.05, 0) is 42.2 Å². The number of nitrogens with zero attached hydrogens (tertiary/aromatic N) is 2. The third-order valence-corrected chi connectivity index (χ3v) is 7.89. The summed E-state index contributed by atoms with van der Waals surface area (Å²) < 4.78 is 25.6. The zero-order valence-corrected chi connectivity index (χ0v) is 19.8. The smallest absolute Gasteiger partial charge is 0.237 e. The minimum atomic E-state index is -3.83. The molecule has 32 heavy (non-hydrogen) atoms. The molecule has 9 heteroatoms. The largest absolute Gasteiger partial charge is 0.382 e. The average Bonchev–Trinajstić information content (AvgIpc) is 2.78. The minimum absolute atomic E-state index is 0.116. The van der Waals surface area contributed by atoms with Crippen molar-refractivity contribution in [3.63, 3.8) is 0 Å². The Morgan fingerprint density at radius 2 is 1.75 bits per heavy atom. The number of aromatic nitrogens is 2. The Labute approximate surface area is 192 Å². The summed E-state index contributed by atoms with van der Waals surface area (Å²) in [5.41, 5.74) is 7.86. The van der Waals surface area contributed by atoms with E-state index in [4.69, 9.17) is 5.73 Å². The highest BCUT2D eigenvalue weighted by Crippen LogP contribution is 2.29. The van der Waals surface area contributed by atoms with E-state index in [2.05, 4.69) is 29.1 Å². The molecule has 7 nitrogen and oxygen atoms in total. The summed E-state index contributed by atoms with van der Waals surface area (Å²) in [5, 5.41) is 2.69. The Morgan fingerprint density at radius 1 is 1.09 bits per heavy atom. The molecule has 0 spiro atoms. The fourth-order valence-corrected chi connectivity index (χ4v) is 5.11. The van der Waals surface area contributed by atoms with Crippen molar-refractivity contribution in [3.8, 4) is 0 Å². The fraction of sp³-hybridized carbons (Fsp3) is 0.261. The standard InChI is InChI=1S/C23H26N4O3S2/c1-4-19(22(28)26-17-12-10-16(11-13-17)15(2)3)31-23-25-14-20(21(24)27-23)32(29,30)18-8-6-5-7-9-18/h5-15,19H,4H2,1-3H3,(H,26,28)(H2,24,25,27)/t19-/m0/s1. The number of hydrogen-bond donors (Lipinski definition) is 2. The van der Waals surface area contributed by atoms with Crippen LogP contribution in [0.25, 0.3) is 0 Å². The number of nitrogens with two attached hydrogens (primary N) is 1. The molecule has 0 saturated carbocycles. The van der Waals surface area contributed by atoms with Crippen molar-refractivity contribution in [1.82, 2.24) is 9.97 Å². The van der Waals surface area contributed by atoms with Gasteiger partial charge in [-0.1, -0.05) is 62.9 Å². The number of sulfone groups is 1. The Hall–Kier alpha value is -2.91. The van der Waals surface area contributed by atoms with E-state index in [1.807, 2.05) is 31.2 Å². The Kier molecular flexibility index (Phi) is 7.52. The lowest BCUT2D eigenvalue weighted by atomic mass is 10.0. The lowest BCUT2D eigenvalue weighted by molar-refractivity contribution is -0.115. The molecule has 0 aliphatic carbocycles. The molecule has 0 saturated heterocycles. The van der Waals surface area contributed by atoms with E-state index >= 15 is 0 Å². The molecular weight excluding hydrogens is 444 g/mol. The van der Waals surface area contributed by atoms with Gasteiger partial charge < -0.3 is 11.1 Å². The van der Waals surface area contributed by atoms with Gasteiger partial charge in [0.2, 0.25) is 15.7 Å². The van der Waals surface area contributed by atoms with Crippen molar-refractivity contribution in [2.45, 2.75) is 53.3 Å². The van der Waals surface area contributed by atoms with Gasteiger partial charge >= 0.3 is 0 Å². The third kappa shape index (κ3) is 5.46. The molecule has 3 aromatic rings. The number of nitrogens with one attached hydrogen (secondary N) is 1. The van der Waals surface area contributed by atoms with E-state index in [-0.39, 0.29) is 26.7 Å². The van der Waals surface area contributed by atoms with Gasteiger partial charge in [-0.25, -0.2) is 18.4 Å². The number of carbonyl (C=O) groups is 1. The number of rotatable bonds is 8. The molecule has 1 amide bonds. The summed E-state index contributed by atoms with van der Waals surface area (Å²) in [6, 6.07) is 15.7. The number of anilines is 2. The molecule has 0 fully saturated rings. The van der Waals surface area contributed by atoms with E-state index < -0.39 is 15.1 Å². The van der Waals surface area contributed by atoms with Crippen molar-refractivity contribution in [1.29, 1.82) is 0 Å². The van der Waals surface area contributed by atoms with Crippen LogP contribution in [-0.4, -0.2) is 29.5 Å². The summed E-state index contributed by atoms with van der Waals surface area (Å²) in [7, 11) is -3.83. The van der Waals surface area contributed by atoms with Gasteiger partial charge in [-0.2, -0.15) is 0 Å². The second kappa shape index (κ2) is 10.1. The van der Waals surface area contributed by atoms with Crippen LogP contribution in [0.3, 0.4) is 0 Å². The average molecular weight is 471 g/mol. The molecule has 0 radical (unpaired) electrons. The van der Waals surface area contributed by atoms with Crippen LogP contribution in [0.15, 0.2) is 75.7 Å². The molecule has 1 aromatic heterocycles.